The molecule has 0 atom stereocenters. The van der Waals surface area contributed by atoms with Crippen LogP contribution in [0.25, 0.3) is 0 Å². The lowest BCUT2D eigenvalue weighted by atomic mass is 9.94. The number of hydrogen-bond acceptors (Lipinski definition) is 1. The van der Waals surface area contributed by atoms with E-state index in [2.05, 4.69) is 0 Å². The van der Waals surface area contributed by atoms with Gasteiger partial charge in [-0.05, 0) is 25.7 Å². The van der Waals surface area contributed by atoms with Crippen molar-refractivity contribution < 1.29 is 13.2 Å². The first kappa shape index (κ1) is 7.40. The molecule has 2 rings (SSSR count). The lowest BCUT2D eigenvalue weighted by Crippen LogP contribution is -2.44. The van der Waals surface area contributed by atoms with Crippen molar-refractivity contribution in [3.05, 3.63) is 0 Å². The molecule has 0 saturated heterocycles. The summed E-state index contributed by atoms with van der Waals surface area (Å²) < 4.78 is 37.1. The summed E-state index contributed by atoms with van der Waals surface area (Å²) in [6, 6.07) is 0. The van der Waals surface area contributed by atoms with Gasteiger partial charge in [0, 0.05) is 5.54 Å². The number of hydrogen-bond donors (Lipinski definition) is 1. The first-order chi connectivity index (χ1) is 4.91. The Balaban J connectivity index is 2.23. The van der Waals surface area contributed by atoms with Gasteiger partial charge in [0.15, 0.2) is 0 Å². The summed E-state index contributed by atoms with van der Waals surface area (Å²) >= 11 is 0. The summed E-state index contributed by atoms with van der Waals surface area (Å²) in [6.07, 6.45) is -2.49. The molecule has 0 amide bonds. The van der Waals surface area contributed by atoms with Crippen LogP contribution in [-0.2, 0) is 0 Å². The molecule has 0 spiro atoms. The third-order valence-electron chi connectivity index (χ3n) is 3.03. The zero-order valence-electron chi connectivity index (χ0n) is 6.04. The molecular weight excluding hydrogens is 155 g/mol. The number of halogens is 3. The van der Waals surface area contributed by atoms with E-state index in [-0.39, 0.29) is 12.8 Å². The number of rotatable bonds is 1. The molecule has 11 heavy (non-hydrogen) atoms. The molecule has 4 heteroatoms. The molecule has 64 valence electrons. The van der Waals surface area contributed by atoms with Crippen LogP contribution in [0.3, 0.4) is 0 Å². The molecule has 0 aromatic heterocycles. The average molecular weight is 165 g/mol. The van der Waals surface area contributed by atoms with Gasteiger partial charge in [0.25, 0.3) is 0 Å². The first-order valence-electron chi connectivity index (χ1n) is 3.77. The van der Waals surface area contributed by atoms with E-state index in [1.54, 1.807) is 0 Å². The molecule has 1 nitrogen and oxygen atoms in total. The minimum Gasteiger partial charge on any atom is -0.324 e. The Morgan fingerprint density at radius 2 is 1.45 bits per heavy atom. The highest BCUT2D eigenvalue weighted by atomic mass is 19.4. The summed E-state index contributed by atoms with van der Waals surface area (Å²) in [4.78, 5) is 0. The van der Waals surface area contributed by atoms with Crippen LogP contribution < -0.4 is 5.73 Å². The fourth-order valence-electron chi connectivity index (χ4n) is 1.80. The fourth-order valence-corrected chi connectivity index (χ4v) is 1.80. The van der Waals surface area contributed by atoms with Crippen LogP contribution >= 0.6 is 0 Å². The first-order valence-corrected chi connectivity index (χ1v) is 3.77. The van der Waals surface area contributed by atoms with Crippen LogP contribution in [-0.4, -0.2) is 11.7 Å². The largest absolute Gasteiger partial charge is 0.396 e. The standard InChI is InChI=1S/C7H10F3N/c8-7(9,10)5(1-2-5)6(11)3-4-6/h1-4,11H2. The van der Waals surface area contributed by atoms with E-state index >= 15 is 0 Å². The van der Waals surface area contributed by atoms with E-state index < -0.39 is 17.1 Å². The van der Waals surface area contributed by atoms with Crippen molar-refractivity contribution in [1.82, 2.24) is 0 Å². The van der Waals surface area contributed by atoms with Gasteiger partial charge in [-0.1, -0.05) is 0 Å². The van der Waals surface area contributed by atoms with Crippen molar-refractivity contribution >= 4 is 0 Å². The highest BCUT2D eigenvalue weighted by Gasteiger charge is 2.75. The van der Waals surface area contributed by atoms with Crippen molar-refractivity contribution in [3.8, 4) is 0 Å². The maximum atomic E-state index is 12.4. The van der Waals surface area contributed by atoms with Gasteiger partial charge in [0.2, 0.25) is 0 Å². The second kappa shape index (κ2) is 1.58. The zero-order valence-corrected chi connectivity index (χ0v) is 6.04. The van der Waals surface area contributed by atoms with Gasteiger partial charge in [-0.15, -0.1) is 0 Å². The Morgan fingerprint density at radius 3 is 1.55 bits per heavy atom. The predicted octanol–water partition coefficient (Wildman–Crippen LogP) is 1.82. The smallest absolute Gasteiger partial charge is 0.324 e. The van der Waals surface area contributed by atoms with Crippen LogP contribution in [0.5, 0.6) is 0 Å². The third-order valence-corrected chi connectivity index (χ3v) is 3.03. The molecular formula is C7H10F3N. The number of nitrogens with two attached hydrogens (primary N) is 1. The lowest BCUT2D eigenvalue weighted by Gasteiger charge is -2.25. The predicted molar refractivity (Wildman–Crippen MR) is 33.9 cm³/mol. The Labute approximate surface area is 62.8 Å². The van der Waals surface area contributed by atoms with Gasteiger partial charge in [-0.2, -0.15) is 13.2 Å². The van der Waals surface area contributed by atoms with Gasteiger partial charge in [-0.3, -0.25) is 0 Å². The van der Waals surface area contributed by atoms with Crippen molar-refractivity contribution in [1.29, 1.82) is 0 Å². The molecule has 0 aliphatic heterocycles. The van der Waals surface area contributed by atoms with E-state index in [9.17, 15) is 13.2 Å². The summed E-state index contributed by atoms with van der Waals surface area (Å²) in [5.74, 6) is 0. The summed E-state index contributed by atoms with van der Waals surface area (Å²) in [5, 5.41) is 0. The second-order valence-electron chi connectivity index (χ2n) is 3.74. The van der Waals surface area contributed by atoms with E-state index in [1.807, 2.05) is 0 Å². The highest BCUT2D eigenvalue weighted by molar-refractivity contribution is 5.21. The van der Waals surface area contributed by atoms with Crippen molar-refractivity contribution in [2.45, 2.75) is 37.4 Å². The molecule has 0 unspecified atom stereocenters. The third kappa shape index (κ3) is 0.760. The molecule has 0 aromatic carbocycles. The quantitative estimate of drug-likeness (QED) is 0.630. The maximum Gasteiger partial charge on any atom is 0.396 e. The lowest BCUT2D eigenvalue weighted by molar-refractivity contribution is -0.196. The molecule has 2 saturated carbocycles. The van der Waals surface area contributed by atoms with Gasteiger partial charge in [0.1, 0.15) is 0 Å². The maximum absolute atomic E-state index is 12.4. The van der Waals surface area contributed by atoms with E-state index in [1.165, 1.54) is 0 Å². The fraction of sp³-hybridized carbons (Fsp3) is 1.00. The van der Waals surface area contributed by atoms with Gasteiger partial charge in [-0.25, -0.2) is 0 Å². The molecule has 2 aliphatic carbocycles. The minimum absolute atomic E-state index is 0.243. The number of alkyl halides is 3. The molecule has 0 aromatic rings. The van der Waals surface area contributed by atoms with Gasteiger partial charge in [0.05, 0.1) is 5.41 Å². The van der Waals surface area contributed by atoms with Crippen LogP contribution in [0.2, 0.25) is 0 Å². The Kier molecular flexibility index (Phi) is 1.06. The molecule has 0 heterocycles. The monoisotopic (exact) mass is 165 g/mol. The van der Waals surface area contributed by atoms with Gasteiger partial charge >= 0.3 is 6.18 Å². The van der Waals surface area contributed by atoms with E-state index in [0.717, 1.165) is 0 Å². The summed E-state index contributed by atoms with van der Waals surface area (Å²) in [6.45, 7) is 0. The SMILES string of the molecule is NC1(C2(C(F)(F)F)CC2)CC1. The second-order valence-corrected chi connectivity index (χ2v) is 3.74. The molecule has 0 radical (unpaired) electrons. The molecule has 2 fully saturated rings. The topological polar surface area (TPSA) is 26.0 Å². The Hall–Kier alpha value is -0.250. The van der Waals surface area contributed by atoms with Crippen molar-refractivity contribution in [2.24, 2.45) is 11.1 Å². The molecule has 0 bridgehead atoms. The van der Waals surface area contributed by atoms with Crippen LogP contribution in [0.15, 0.2) is 0 Å². The van der Waals surface area contributed by atoms with Crippen molar-refractivity contribution in [3.63, 3.8) is 0 Å². The normalized spacial score (nSPS) is 31.6. The highest BCUT2D eigenvalue weighted by Crippen LogP contribution is 2.69. The molecule has 2 aliphatic rings. The summed E-state index contributed by atoms with van der Waals surface area (Å²) in [7, 11) is 0. The Bertz CT molecular complexity index is 181. The Morgan fingerprint density at radius 1 is 1.00 bits per heavy atom. The van der Waals surface area contributed by atoms with Crippen molar-refractivity contribution in [2.75, 3.05) is 0 Å². The van der Waals surface area contributed by atoms with E-state index in [4.69, 9.17) is 5.73 Å². The van der Waals surface area contributed by atoms with E-state index in [0.29, 0.717) is 12.8 Å². The minimum atomic E-state index is -4.07. The van der Waals surface area contributed by atoms with Crippen LogP contribution in [0, 0.1) is 5.41 Å². The van der Waals surface area contributed by atoms with Crippen LogP contribution in [0.1, 0.15) is 25.7 Å². The molecule has 2 N–H and O–H groups in total. The average Bonchev–Trinajstić information content (AvgIpc) is 2.49. The zero-order chi connectivity index (χ0) is 8.33. The van der Waals surface area contributed by atoms with Gasteiger partial charge < -0.3 is 5.73 Å². The van der Waals surface area contributed by atoms with Crippen LogP contribution in [0.4, 0.5) is 13.2 Å². The summed E-state index contributed by atoms with van der Waals surface area (Å²) in [5.41, 5.74) is 3.18.